The van der Waals surface area contributed by atoms with Gasteiger partial charge >= 0.3 is 0 Å². The van der Waals surface area contributed by atoms with Gasteiger partial charge in [0.05, 0.1) is 12.2 Å². The third kappa shape index (κ3) is 2.89. The predicted molar refractivity (Wildman–Crippen MR) is 88.6 cm³/mol. The number of aromatic nitrogens is 4. The molecule has 0 spiro atoms. The average molecular weight is 327 g/mol. The highest BCUT2D eigenvalue weighted by Gasteiger charge is 2.25. The number of imidazole rings is 1. The fraction of sp³-hybridized carbons (Fsp3) is 0.412. The summed E-state index contributed by atoms with van der Waals surface area (Å²) < 4.78 is 7.46. The van der Waals surface area contributed by atoms with Gasteiger partial charge in [-0.15, -0.1) is 10.2 Å². The Morgan fingerprint density at radius 3 is 2.67 bits per heavy atom. The molecule has 0 atom stereocenters. The number of carbonyl (C=O) groups is 1. The van der Waals surface area contributed by atoms with Gasteiger partial charge in [0.2, 0.25) is 11.8 Å². The molecule has 0 aliphatic heterocycles. The molecule has 1 amide bonds. The van der Waals surface area contributed by atoms with Crippen LogP contribution < -0.4 is 0 Å². The summed E-state index contributed by atoms with van der Waals surface area (Å²) in [6.45, 7) is 8.04. The summed E-state index contributed by atoms with van der Waals surface area (Å²) in [7, 11) is 0. The number of fused-ring (bicyclic) bond motifs is 1. The first-order chi connectivity index (χ1) is 11.5. The number of rotatable bonds is 5. The molecule has 3 heterocycles. The van der Waals surface area contributed by atoms with E-state index in [1.165, 1.54) is 0 Å². The molecule has 126 valence electrons. The van der Waals surface area contributed by atoms with E-state index in [4.69, 9.17) is 4.42 Å². The highest BCUT2D eigenvalue weighted by molar-refractivity contribution is 5.94. The first-order valence-corrected chi connectivity index (χ1v) is 8.07. The lowest BCUT2D eigenvalue weighted by Crippen LogP contribution is -2.37. The van der Waals surface area contributed by atoms with E-state index in [1.54, 1.807) is 4.90 Å². The van der Waals surface area contributed by atoms with E-state index in [9.17, 15) is 4.79 Å². The smallest absolute Gasteiger partial charge is 0.275 e. The highest BCUT2D eigenvalue weighted by Crippen LogP contribution is 2.17. The number of carbonyl (C=O) groups excluding carboxylic acids is 1. The lowest BCUT2D eigenvalue weighted by molar-refractivity contribution is 0.0665. The minimum Gasteiger partial charge on any atom is -0.423 e. The van der Waals surface area contributed by atoms with Crippen LogP contribution in [0.4, 0.5) is 0 Å². The second kappa shape index (κ2) is 6.43. The minimum atomic E-state index is -0.137. The summed E-state index contributed by atoms with van der Waals surface area (Å²) in [5.74, 6) is 0.878. The molecule has 0 unspecified atom stereocenters. The van der Waals surface area contributed by atoms with Crippen molar-refractivity contribution < 1.29 is 9.21 Å². The van der Waals surface area contributed by atoms with Gasteiger partial charge in [-0.05, 0) is 32.9 Å². The summed E-state index contributed by atoms with van der Waals surface area (Å²) in [5, 5.41) is 7.97. The molecule has 0 aliphatic carbocycles. The Balaban J connectivity index is 1.92. The number of aryl methyl sites for hydroxylation is 2. The Morgan fingerprint density at radius 2 is 2.04 bits per heavy atom. The zero-order chi connectivity index (χ0) is 17.3. The predicted octanol–water partition coefficient (Wildman–Crippen LogP) is 2.64. The largest absolute Gasteiger partial charge is 0.423 e. The van der Waals surface area contributed by atoms with Crippen LogP contribution in [0, 0.1) is 6.92 Å². The molecule has 7 heteroatoms. The van der Waals surface area contributed by atoms with Crippen molar-refractivity contribution in [3.63, 3.8) is 0 Å². The van der Waals surface area contributed by atoms with Crippen LogP contribution in [-0.4, -0.2) is 36.4 Å². The summed E-state index contributed by atoms with van der Waals surface area (Å²) in [4.78, 5) is 19.2. The summed E-state index contributed by atoms with van der Waals surface area (Å²) in [5.41, 5.74) is 2.03. The molecule has 0 radical (unpaired) electrons. The first kappa shape index (κ1) is 16.2. The van der Waals surface area contributed by atoms with E-state index >= 15 is 0 Å². The van der Waals surface area contributed by atoms with E-state index < -0.39 is 0 Å². The number of pyridine rings is 1. The molecule has 0 bridgehead atoms. The van der Waals surface area contributed by atoms with Crippen molar-refractivity contribution in [3.8, 4) is 0 Å². The van der Waals surface area contributed by atoms with Gasteiger partial charge in [-0.2, -0.15) is 0 Å². The van der Waals surface area contributed by atoms with E-state index in [2.05, 4.69) is 15.2 Å². The molecule has 24 heavy (non-hydrogen) atoms. The standard InChI is InChI=1S/C17H21N5O2/c1-5-14-19-20-15(24-14)10-22(11(2)3)17(23)16-12(4)21-9-7-6-8-13(21)18-16/h6-9,11H,5,10H2,1-4H3. The minimum absolute atomic E-state index is 0.0151. The fourth-order valence-corrected chi connectivity index (χ4v) is 2.59. The Hall–Kier alpha value is -2.70. The highest BCUT2D eigenvalue weighted by atomic mass is 16.4. The van der Waals surface area contributed by atoms with Crippen LogP contribution in [0.1, 0.15) is 48.7 Å². The number of amides is 1. The fourth-order valence-electron chi connectivity index (χ4n) is 2.59. The molecule has 0 aliphatic rings. The summed E-state index contributed by atoms with van der Waals surface area (Å²) in [6, 6.07) is 5.69. The summed E-state index contributed by atoms with van der Waals surface area (Å²) in [6.07, 6.45) is 2.58. The summed E-state index contributed by atoms with van der Waals surface area (Å²) >= 11 is 0. The second-order valence-electron chi connectivity index (χ2n) is 5.94. The van der Waals surface area contributed by atoms with E-state index in [0.717, 1.165) is 11.3 Å². The van der Waals surface area contributed by atoms with E-state index in [-0.39, 0.29) is 18.5 Å². The monoisotopic (exact) mass is 327 g/mol. The average Bonchev–Trinajstić information content (AvgIpc) is 3.17. The van der Waals surface area contributed by atoms with Crippen molar-refractivity contribution >= 4 is 11.6 Å². The maximum absolute atomic E-state index is 13.0. The van der Waals surface area contributed by atoms with Crippen LogP contribution in [0.5, 0.6) is 0 Å². The molecule has 3 rings (SSSR count). The van der Waals surface area contributed by atoms with Gasteiger partial charge in [0.1, 0.15) is 11.3 Å². The Bertz CT molecular complexity index is 865. The SMILES string of the molecule is CCc1nnc(CN(C(=O)c2nc3ccccn3c2C)C(C)C)o1. The van der Waals surface area contributed by atoms with Crippen LogP contribution in [0.15, 0.2) is 28.8 Å². The normalized spacial score (nSPS) is 11.4. The molecule has 0 saturated carbocycles. The Morgan fingerprint density at radius 1 is 1.29 bits per heavy atom. The van der Waals surface area contributed by atoms with Gasteiger partial charge in [-0.3, -0.25) is 4.79 Å². The van der Waals surface area contributed by atoms with Gasteiger partial charge in [-0.1, -0.05) is 13.0 Å². The topological polar surface area (TPSA) is 76.5 Å². The maximum atomic E-state index is 13.0. The second-order valence-corrected chi connectivity index (χ2v) is 5.94. The Kier molecular flexibility index (Phi) is 4.33. The number of hydrogen-bond donors (Lipinski definition) is 0. The molecule has 3 aromatic heterocycles. The van der Waals surface area contributed by atoms with Crippen molar-refractivity contribution in [2.75, 3.05) is 0 Å². The van der Waals surface area contributed by atoms with Gasteiger partial charge < -0.3 is 13.7 Å². The van der Waals surface area contributed by atoms with Gasteiger partial charge in [-0.25, -0.2) is 4.98 Å². The molecular formula is C17H21N5O2. The third-order valence-corrected chi connectivity index (χ3v) is 3.97. The molecule has 7 nitrogen and oxygen atoms in total. The Labute approximate surface area is 140 Å². The molecule has 0 saturated heterocycles. The van der Waals surface area contributed by atoms with Gasteiger partial charge in [0.25, 0.3) is 5.91 Å². The van der Waals surface area contributed by atoms with E-state index in [1.807, 2.05) is 56.5 Å². The zero-order valence-corrected chi connectivity index (χ0v) is 14.4. The van der Waals surface area contributed by atoms with Crippen LogP contribution >= 0.6 is 0 Å². The first-order valence-electron chi connectivity index (χ1n) is 8.07. The zero-order valence-electron chi connectivity index (χ0n) is 14.4. The van der Waals surface area contributed by atoms with Crippen LogP contribution in [0.3, 0.4) is 0 Å². The molecule has 0 fully saturated rings. The van der Waals surface area contributed by atoms with Crippen molar-refractivity contribution in [1.82, 2.24) is 24.5 Å². The van der Waals surface area contributed by atoms with E-state index in [0.29, 0.717) is 23.9 Å². The van der Waals surface area contributed by atoms with Crippen molar-refractivity contribution in [1.29, 1.82) is 0 Å². The lowest BCUT2D eigenvalue weighted by Gasteiger charge is -2.24. The van der Waals surface area contributed by atoms with Gasteiger partial charge in [0, 0.05) is 18.7 Å². The van der Waals surface area contributed by atoms with Crippen LogP contribution in [0.25, 0.3) is 5.65 Å². The van der Waals surface area contributed by atoms with Crippen molar-refractivity contribution in [2.24, 2.45) is 0 Å². The van der Waals surface area contributed by atoms with Crippen molar-refractivity contribution in [3.05, 3.63) is 47.6 Å². The molecular weight excluding hydrogens is 306 g/mol. The lowest BCUT2D eigenvalue weighted by atomic mass is 10.2. The van der Waals surface area contributed by atoms with Crippen LogP contribution in [-0.2, 0) is 13.0 Å². The number of nitrogens with zero attached hydrogens (tertiary/aromatic N) is 5. The molecule has 0 aromatic carbocycles. The number of hydrogen-bond acceptors (Lipinski definition) is 5. The molecule has 0 N–H and O–H groups in total. The van der Waals surface area contributed by atoms with Crippen LogP contribution in [0.2, 0.25) is 0 Å². The quantitative estimate of drug-likeness (QED) is 0.720. The molecule has 3 aromatic rings. The maximum Gasteiger partial charge on any atom is 0.275 e. The van der Waals surface area contributed by atoms with Crippen molar-refractivity contribution in [2.45, 2.75) is 46.7 Å². The third-order valence-electron chi connectivity index (χ3n) is 3.97. The van der Waals surface area contributed by atoms with Gasteiger partial charge in [0.15, 0.2) is 0 Å².